The fourth-order valence-corrected chi connectivity index (χ4v) is 3.64. The Hall–Kier alpha value is -0.820. The van der Waals surface area contributed by atoms with E-state index in [1.54, 1.807) is 0 Å². The highest BCUT2D eigenvalue weighted by atomic mass is 15.0. The summed E-state index contributed by atoms with van der Waals surface area (Å²) in [5.74, 6) is 1.83. The Morgan fingerprint density at radius 2 is 1.79 bits per heavy atom. The lowest BCUT2D eigenvalue weighted by atomic mass is 9.86. The highest BCUT2D eigenvalue weighted by Gasteiger charge is 2.37. The molecule has 0 heterocycles. The average Bonchev–Trinajstić information content (AvgIpc) is 3.25. The van der Waals surface area contributed by atoms with Crippen LogP contribution in [0.4, 0.5) is 0 Å². The molecule has 104 valence electrons. The van der Waals surface area contributed by atoms with E-state index in [2.05, 4.69) is 35.6 Å². The third-order valence-electron chi connectivity index (χ3n) is 4.94. The number of nitrogens with one attached hydrogen (secondary N) is 1. The maximum absolute atomic E-state index is 3.74. The predicted molar refractivity (Wildman–Crippen MR) is 81.4 cm³/mol. The maximum Gasteiger partial charge on any atom is 0.0143 e. The summed E-state index contributed by atoms with van der Waals surface area (Å²) in [5, 5.41) is 3.74. The molecule has 19 heavy (non-hydrogen) atoms. The van der Waals surface area contributed by atoms with Crippen LogP contribution in [0.2, 0.25) is 0 Å². The molecule has 3 rings (SSSR count). The molecule has 0 bridgehead atoms. The van der Waals surface area contributed by atoms with Gasteiger partial charge in [-0.3, -0.25) is 0 Å². The Morgan fingerprint density at radius 3 is 2.58 bits per heavy atom. The molecule has 0 spiro atoms. The topological polar surface area (TPSA) is 12.0 Å². The number of rotatable bonds is 6. The van der Waals surface area contributed by atoms with Crippen molar-refractivity contribution in [2.75, 3.05) is 6.54 Å². The lowest BCUT2D eigenvalue weighted by molar-refractivity contribution is 0.330. The first-order valence-corrected chi connectivity index (χ1v) is 8.22. The van der Waals surface area contributed by atoms with Crippen molar-refractivity contribution >= 4 is 0 Å². The van der Waals surface area contributed by atoms with E-state index in [1.165, 1.54) is 63.5 Å². The molecule has 1 aromatic carbocycles. The summed E-state index contributed by atoms with van der Waals surface area (Å²) in [6, 6.07) is 11.7. The van der Waals surface area contributed by atoms with Gasteiger partial charge in [0.15, 0.2) is 0 Å². The molecule has 2 fully saturated rings. The maximum atomic E-state index is 3.74. The van der Waals surface area contributed by atoms with Crippen molar-refractivity contribution in [3.05, 3.63) is 35.9 Å². The van der Waals surface area contributed by atoms with Crippen LogP contribution in [0.25, 0.3) is 0 Å². The van der Waals surface area contributed by atoms with Gasteiger partial charge < -0.3 is 5.32 Å². The third kappa shape index (κ3) is 3.82. The monoisotopic (exact) mass is 257 g/mol. The lowest BCUT2D eigenvalue weighted by Gasteiger charge is -2.21. The highest BCUT2D eigenvalue weighted by Crippen LogP contribution is 2.40. The Labute approximate surface area is 117 Å². The van der Waals surface area contributed by atoms with Crippen LogP contribution in [0.3, 0.4) is 0 Å². The molecule has 1 nitrogen and oxygen atoms in total. The molecule has 2 unspecified atom stereocenters. The van der Waals surface area contributed by atoms with Crippen LogP contribution in [0.1, 0.15) is 62.8 Å². The standard InChI is InChI=1S/C18H27N/c1-3-8-15(9-4-1)10-7-13-19-18-14-17(18)16-11-5-2-6-12-16/h2,5-6,11-12,15,17-19H,1,3-4,7-10,13-14H2. The molecule has 0 radical (unpaired) electrons. The quantitative estimate of drug-likeness (QED) is 0.740. The van der Waals surface area contributed by atoms with Crippen LogP contribution in [0, 0.1) is 5.92 Å². The molecule has 2 atom stereocenters. The van der Waals surface area contributed by atoms with Crippen molar-refractivity contribution in [1.29, 1.82) is 0 Å². The molecule has 2 aliphatic carbocycles. The molecule has 0 aromatic heterocycles. The van der Waals surface area contributed by atoms with E-state index in [1.807, 2.05) is 0 Å². The van der Waals surface area contributed by atoms with Crippen LogP contribution in [-0.4, -0.2) is 12.6 Å². The van der Waals surface area contributed by atoms with Crippen molar-refractivity contribution in [2.45, 2.75) is 63.3 Å². The van der Waals surface area contributed by atoms with Crippen LogP contribution in [0.5, 0.6) is 0 Å². The summed E-state index contributed by atoms with van der Waals surface area (Å²) in [7, 11) is 0. The molecule has 0 aliphatic heterocycles. The van der Waals surface area contributed by atoms with Crippen molar-refractivity contribution in [3.63, 3.8) is 0 Å². The van der Waals surface area contributed by atoms with Gasteiger partial charge in [0, 0.05) is 12.0 Å². The molecule has 1 N–H and O–H groups in total. The molecule has 1 aromatic rings. The van der Waals surface area contributed by atoms with Crippen LogP contribution in [-0.2, 0) is 0 Å². The summed E-state index contributed by atoms with van der Waals surface area (Å²) in [5.41, 5.74) is 1.52. The van der Waals surface area contributed by atoms with Gasteiger partial charge in [0.05, 0.1) is 0 Å². The fraction of sp³-hybridized carbons (Fsp3) is 0.667. The zero-order valence-electron chi connectivity index (χ0n) is 12.0. The van der Waals surface area contributed by atoms with Gasteiger partial charge in [-0.1, -0.05) is 62.4 Å². The van der Waals surface area contributed by atoms with Crippen LogP contribution >= 0.6 is 0 Å². The van der Waals surface area contributed by atoms with Gasteiger partial charge >= 0.3 is 0 Å². The van der Waals surface area contributed by atoms with Crippen LogP contribution in [0.15, 0.2) is 30.3 Å². The zero-order valence-corrected chi connectivity index (χ0v) is 12.0. The molecular formula is C18H27N. The Balaban J connectivity index is 1.30. The molecular weight excluding hydrogens is 230 g/mol. The van der Waals surface area contributed by atoms with Crippen molar-refractivity contribution in [3.8, 4) is 0 Å². The number of hydrogen-bond acceptors (Lipinski definition) is 1. The number of hydrogen-bond donors (Lipinski definition) is 1. The molecule has 2 saturated carbocycles. The van der Waals surface area contributed by atoms with Crippen molar-refractivity contribution < 1.29 is 0 Å². The minimum atomic E-state index is 0.758. The van der Waals surface area contributed by atoms with E-state index in [-0.39, 0.29) is 0 Å². The minimum absolute atomic E-state index is 0.758. The van der Waals surface area contributed by atoms with Gasteiger partial charge in [-0.25, -0.2) is 0 Å². The van der Waals surface area contributed by atoms with Gasteiger partial charge in [-0.05, 0) is 37.3 Å². The molecule has 0 amide bonds. The van der Waals surface area contributed by atoms with Crippen molar-refractivity contribution in [2.24, 2.45) is 5.92 Å². The van der Waals surface area contributed by atoms with Gasteiger partial charge in [0.1, 0.15) is 0 Å². The van der Waals surface area contributed by atoms with E-state index in [0.717, 1.165) is 17.9 Å². The van der Waals surface area contributed by atoms with E-state index in [0.29, 0.717) is 0 Å². The second-order valence-electron chi connectivity index (χ2n) is 6.46. The Bertz CT molecular complexity index is 367. The summed E-state index contributed by atoms with van der Waals surface area (Å²) in [6.07, 6.45) is 11.6. The summed E-state index contributed by atoms with van der Waals surface area (Å²) in [4.78, 5) is 0. The first-order chi connectivity index (χ1) is 9.43. The lowest BCUT2D eigenvalue weighted by Crippen LogP contribution is -2.20. The normalized spacial score (nSPS) is 27.4. The third-order valence-corrected chi connectivity index (χ3v) is 4.94. The summed E-state index contributed by atoms with van der Waals surface area (Å²) < 4.78 is 0. The SMILES string of the molecule is c1ccc(C2CC2NCCCC2CCCCC2)cc1. The van der Waals surface area contributed by atoms with E-state index >= 15 is 0 Å². The van der Waals surface area contributed by atoms with Gasteiger partial charge in [0.2, 0.25) is 0 Å². The fourth-order valence-electron chi connectivity index (χ4n) is 3.64. The van der Waals surface area contributed by atoms with E-state index < -0.39 is 0 Å². The van der Waals surface area contributed by atoms with E-state index in [9.17, 15) is 0 Å². The Morgan fingerprint density at radius 1 is 1.00 bits per heavy atom. The first kappa shape index (κ1) is 13.2. The van der Waals surface area contributed by atoms with Gasteiger partial charge in [-0.15, -0.1) is 0 Å². The summed E-state index contributed by atoms with van der Waals surface area (Å²) in [6.45, 7) is 1.23. The van der Waals surface area contributed by atoms with Crippen molar-refractivity contribution in [1.82, 2.24) is 5.32 Å². The second-order valence-corrected chi connectivity index (χ2v) is 6.46. The average molecular weight is 257 g/mol. The minimum Gasteiger partial charge on any atom is -0.313 e. The van der Waals surface area contributed by atoms with Crippen LogP contribution < -0.4 is 5.32 Å². The highest BCUT2D eigenvalue weighted by molar-refractivity contribution is 5.27. The molecule has 1 heteroatoms. The smallest absolute Gasteiger partial charge is 0.0143 e. The first-order valence-electron chi connectivity index (χ1n) is 8.22. The predicted octanol–water partition coefficient (Wildman–Crippen LogP) is 4.49. The van der Waals surface area contributed by atoms with Gasteiger partial charge in [0.25, 0.3) is 0 Å². The van der Waals surface area contributed by atoms with Gasteiger partial charge in [-0.2, -0.15) is 0 Å². The second kappa shape index (κ2) is 6.56. The Kier molecular flexibility index (Phi) is 4.55. The zero-order chi connectivity index (χ0) is 12.9. The molecule has 0 saturated heterocycles. The largest absolute Gasteiger partial charge is 0.313 e. The molecule has 2 aliphatic rings. The number of benzene rings is 1. The van der Waals surface area contributed by atoms with E-state index in [4.69, 9.17) is 0 Å². The summed E-state index contributed by atoms with van der Waals surface area (Å²) >= 11 is 0.